The van der Waals surface area contributed by atoms with Gasteiger partial charge in [0.05, 0.1) is 23.4 Å². The lowest BCUT2D eigenvalue weighted by Gasteiger charge is -2.20. The van der Waals surface area contributed by atoms with Gasteiger partial charge < -0.3 is 10.1 Å². The molecule has 1 aromatic carbocycles. The molecule has 0 saturated carbocycles. The Morgan fingerprint density at radius 3 is 2.55 bits per heavy atom. The predicted molar refractivity (Wildman–Crippen MR) is 134 cm³/mol. The summed E-state index contributed by atoms with van der Waals surface area (Å²) in [5.41, 5.74) is 2.79. The third-order valence-electron chi connectivity index (χ3n) is 4.26. The zero-order chi connectivity index (χ0) is 24.3. The van der Waals surface area contributed by atoms with Gasteiger partial charge in [-0.25, -0.2) is 15.2 Å². The molecule has 3 amide bonds. The Labute approximate surface area is 218 Å². The summed E-state index contributed by atoms with van der Waals surface area (Å²) in [7, 11) is 2.53. The molecule has 0 aliphatic rings. The summed E-state index contributed by atoms with van der Waals surface area (Å²) in [6.45, 7) is 0. The maximum Gasteiger partial charge on any atom is 0.425 e. The van der Waals surface area contributed by atoms with Gasteiger partial charge in [-0.3, -0.25) is 19.2 Å². The van der Waals surface area contributed by atoms with E-state index >= 15 is 0 Å². The average molecular weight is 665 g/mol. The number of carbonyl (C=O) groups excluding carboxylic acids is 3. The topological polar surface area (TPSA) is 106 Å². The summed E-state index contributed by atoms with van der Waals surface area (Å²) in [6.07, 6.45) is 2.39. The van der Waals surface area contributed by atoms with Gasteiger partial charge in [-0.1, -0.05) is 27.5 Å². The summed E-state index contributed by atoms with van der Waals surface area (Å²) in [6, 6.07) is 8.12. The van der Waals surface area contributed by atoms with E-state index in [1.807, 2.05) is 0 Å². The molecule has 0 bridgehead atoms. The Morgan fingerprint density at radius 1 is 1.15 bits per heavy atom. The van der Waals surface area contributed by atoms with E-state index in [9.17, 15) is 14.4 Å². The number of anilines is 1. The Morgan fingerprint density at radius 2 is 1.88 bits per heavy atom. The summed E-state index contributed by atoms with van der Waals surface area (Å²) >= 11 is 16.4. The number of ether oxygens (including phenoxy) is 1. The van der Waals surface area contributed by atoms with Crippen LogP contribution in [0, 0.1) is 0 Å². The first-order valence-corrected chi connectivity index (χ1v) is 11.8. The lowest BCUT2D eigenvalue weighted by atomic mass is 10.1. The standard InChI is InChI=1S/C20H15Br3ClN5O4/c1-28(27-20(32)33-2)19(31)12-6-10(21)7-13(23)16(12)26-18(30)15-8-11(22)9-29(15)17-14(24)4-3-5-25-17/h3-9H,1-2H3,(H,26,30)(H,27,32). The minimum Gasteiger partial charge on any atom is -0.452 e. The van der Waals surface area contributed by atoms with Gasteiger partial charge in [-0.2, -0.15) is 0 Å². The molecule has 9 nitrogen and oxygen atoms in total. The van der Waals surface area contributed by atoms with Crippen LogP contribution in [0.3, 0.4) is 0 Å². The molecular formula is C20H15Br3ClN5O4. The second-order valence-corrected chi connectivity index (χ2v) is 9.55. The van der Waals surface area contributed by atoms with Gasteiger partial charge in [0.15, 0.2) is 5.82 Å². The second kappa shape index (κ2) is 10.7. The highest BCUT2D eigenvalue weighted by Crippen LogP contribution is 2.32. The number of hydrogen-bond donors (Lipinski definition) is 2. The third-order valence-corrected chi connectivity index (χ3v) is 6.07. The molecule has 2 aromatic heterocycles. The zero-order valence-corrected chi connectivity index (χ0v) is 22.5. The number of rotatable bonds is 4. The molecule has 3 aromatic rings. The smallest absolute Gasteiger partial charge is 0.425 e. The molecule has 0 aliphatic heterocycles. The van der Waals surface area contributed by atoms with E-state index in [0.717, 1.165) is 5.01 Å². The van der Waals surface area contributed by atoms with Crippen LogP contribution in [0.15, 0.2) is 56.1 Å². The van der Waals surface area contributed by atoms with Crippen LogP contribution in [0.5, 0.6) is 0 Å². The quantitative estimate of drug-likeness (QED) is 0.363. The number of carbonyl (C=O) groups is 3. The molecule has 33 heavy (non-hydrogen) atoms. The maximum absolute atomic E-state index is 13.3. The fraction of sp³-hybridized carbons (Fsp3) is 0.100. The third kappa shape index (κ3) is 5.75. The van der Waals surface area contributed by atoms with Crippen LogP contribution >= 0.6 is 59.4 Å². The van der Waals surface area contributed by atoms with Gasteiger partial charge in [-0.15, -0.1) is 0 Å². The minimum absolute atomic E-state index is 0.108. The lowest BCUT2D eigenvalue weighted by molar-refractivity contribution is 0.0691. The van der Waals surface area contributed by atoms with Crippen molar-refractivity contribution in [2.45, 2.75) is 0 Å². The monoisotopic (exact) mass is 661 g/mol. The highest BCUT2D eigenvalue weighted by Gasteiger charge is 2.24. The molecule has 13 heteroatoms. The largest absolute Gasteiger partial charge is 0.452 e. The average Bonchev–Trinajstić information content (AvgIpc) is 3.16. The van der Waals surface area contributed by atoms with Crippen LogP contribution in [-0.2, 0) is 4.74 Å². The zero-order valence-electron chi connectivity index (χ0n) is 17.0. The summed E-state index contributed by atoms with van der Waals surface area (Å²) in [4.78, 5) is 42.0. The predicted octanol–water partition coefficient (Wildman–Crippen LogP) is 5.41. The van der Waals surface area contributed by atoms with Crippen molar-refractivity contribution in [1.29, 1.82) is 0 Å². The summed E-state index contributed by atoms with van der Waals surface area (Å²) < 4.78 is 7.69. The molecule has 3 rings (SSSR count). The number of benzene rings is 1. The number of hydrogen-bond acceptors (Lipinski definition) is 5. The van der Waals surface area contributed by atoms with E-state index in [1.165, 1.54) is 24.8 Å². The number of hydrazine groups is 1. The Bertz CT molecular complexity index is 1250. The number of pyridine rings is 1. The first kappa shape index (κ1) is 25.2. The first-order chi connectivity index (χ1) is 15.6. The molecule has 2 N–H and O–H groups in total. The Balaban J connectivity index is 2.00. The molecule has 0 atom stereocenters. The molecular weight excluding hydrogens is 649 g/mol. The first-order valence-electron chi connectivity index (χ1n) is 9.04. The molecule has 0 fully saturated rings. The van der Waals surface area contributed by atoms with Crippen LogP contribution in [-0.4, -0.2) is 46.6 Å². The van der Waals surface area contributed by atoms with E-state index in [0.29, 0.717) is 24.3 Å². The van der Waals surface area contributed by atoms with E-state index < -0.39 is 17.9 Å². The molecule has 172 valence electrons. The van der Waals surface area contributed by atoms with Crippen molar-refractivity contribution < 1.29 is 19.1 Å². The maximum atomic E-state index is 13.3. The van der Waals surface area contributed by atoms with E-state index in [1.54, 1.807) is 36.7 Å². The number of methoxy groups -OCH3 is 1. The van der Waals surface area contributed by atoms with Gasteiger partial charge in [0.2, 0.25) is 0 Å². The van der Waals surface area contributed by atoms with Crippen molar-refractivity contribution in [3.8, 4) is 5.82 Å². The van der Waals surface area contributed by atoms with Gasteiger partial charge in [0, 0.05) is 32.9 Å². The minimum atomic E-state index is -0.819. The van der Waals surface area contributed by atoms with Crippen LogP contribution in [0.1, 0.15) is 20.8 Å². The normalized spacial score (nSPS) is 10.5. The van der Waals surface area contributed by atoms with Crippen molar-refractivity contribution in [1.82, 2.24) is 20.0 Å². The highest BCUT2D eigenvalue weighted by molar-refractivity contribution is 9.11. The van der Waals surface area contributed by atoms with Crippen molar-refractivity contribution in [2.75, 3.05) is 19.5 Å². The van der Waals surface area contributed by atoms with E-state index in [4.69, 9.17) is 11.6 Å². The fourth-order valence-corrected chi connectivity index (χ4v) is 4.75. The van der Waals surface area contributed by atoms with Gasteiger partial charge in [-0.05, 0) is 62.2 Å². The molecule has 2 heterocycles. The number of nitrogens with one attached hydrogen (secondary N) is 2. The van der Waals surface area contributed by atoms with Crippen molar-refractivity contribution in [3.05, 3.63) is 72.4 Å². The van der Waals surface area contributed by atoms with E-state index in [2.05, 4.69) is 68.3 Å². The van der Waals surface area contributed by atoms with Crippen molar-refractivity contribution >= 4 is 83.0 Å². The fourth-order valence-electron chi connectivity index (χ4n) is 2.80. The van der Waals surface area contributed by atoms with Crippen molar-refractivity contribution in [3.63, 3.8) is 0 Å². The van der Waals surface area contributed by atoms with Crippen LogP contribution in [0.2, 0.25) is 5.02 Å². The van der Waals surface area contributed by atoms with Gasteiger partial charge in [0.1, 0.15) is 5.69 Å². The molecule has 0 radical (unpaired) electrons. The summed E-state index contributed by atoms with van der Waals surface area (Å²) in [5, 5.41) is 4.06. The summed E-state index contributed by atoms with van der Waals surface area (Å²) in [5.74, 6) is -0.756. The van der Waals surface area contributed by atoms with Crippen LogP contribution < -0.4 is 10.7 Å². The lowest BCUT2D eigenvalue weighted by Crippen LogP contribution is -2.43. The second-order valence-electron chi connectivity index (χ2n) is 6.45. The SMILES string of the molecule is COC(=O)NN(C)C(=O)c1cc(Br)cc(Br)c1NC(=O)c1cc(Br)cn1-c1ncccc1Cl. The number of halogens is 4. The number of aromatic nitrogens is 2. The highest BCUT2D eigenvalue weighted by atomic mass is 79.9. The molecule has 0 aliphatic carbocycles. The van der Waals surface area contributed by atoms with Crippen LogP contribution in [0.25, 0.3) is 5.82 Å². The molecule has 0 saturated heterocycles. The Hall–Kier alpha value is -2.41. The number of nitrogens with zero attached hydrogens (tertiary/aromatic N) is 3. The van der Waals surface area contributed by atoms with E-state index in [-0.39, 0.29) is 16.9 Å². The van der Waals surface area contributed by atoms with Crippen molar-refractivity contribution in [2.24, 2.45) is 0 Å². The number of amides is 3. The van der Waals surface area contributed by atoms with Gasteiger partial charge in [0.25, 0.3) is 11.8 Å². The van der Waals surface area contributed by atoms with Gasteiger partial charge >= 0.3 is 6.09 Å². The molecule has 0 unspecified atom stereocenters. The Kier molecular flexibility index (Phi) is 8.16. The van der Waals surface area contributed by atoms with Crippen LogP contribution in [0.4, 0.5) is 10.5 Å². The molecule has 0 spiro atoms.